The van der Waals surface area contributed by atoms with Crippen molar-refractivity contribution in [2.24, 2.45) is 0 Å². The molecule has 3 heterocycles. The second kappa shape index (κ2) is 7.75. The van der Waals surface area contributed by atoms with Crippen LogP contribution in [-0.2, 0) is 6.54 Å². The van der Waals surface area contributed by atoms with Crippen molar-refractivity contribution < 1.29 is 9.18 Å². The van der Waals surface area contributed by atoms with Gasteiger partial charge in [0.05, 0.1) is 5.02 Å². The Morgan fingerprint density at radius 1 is 1.39 bits per heavy atom. The largest absolute Gasteiger partial charge is 0.324 e. The Hall–Kier alpha value is -2.67. The molecular weight excluding hydrogens is 381 g/mol. The number of aromatic nitrogens is 3. The predicted octanol–water partition coefficient (Wildman–Crippen LogP) is 4.66. The maximum Gasteiger partial charge on any atom is 0.321 e. The monoisotopic (exact) mass is 401 g/mol. The van der Waals surface area contributed by atoms with E-state index in [1.165, 1.54) is 18.2 Å². The van der Waals surface area contributed by atoms with Crippen molar-refractivity contribution in [1.29, 1.82) is 0 Å². The molecule has 2 amide bonds. The summed E-state index contributed by atoms with van der Waals surface area (Å²) in [5, 5.41) is 2.77. The molecule has 0 spiro atoms. The van der Waals surface area contributed by atoms with Crippen LogP contribution in [0.15, 0.2) is 36.5 Å². The predicted molar refractivity (Wildman–Crippen MR) is 107 cm³/mol. The third kappa shape index (κ3) is 3.54. The number of hydrogen-bond acceptors (Lipinski definition) is 3. The molecule has 0 aliphatic carbocycles. The minimum atomic E-state index is -0.510. The first kappa shape index (κ1) is 18.7. The molecule has 28 heavy (non-hydrogen) atoms. The molecule has 1 N–H and O–H groups in total. The van der Waals surface area contributed by atoms with Crippen molar-refractivity contribution in [2.75, 3.05) is 18.4 Å². The lowest BCUT2D eigenvalue weighted by Gasteiger charge is -2.18. The average Bonchev–Trinajstić information content (AvgIpc) is 3.30. The van der Waals surface area contributed by atoms with Crippen LogP contribution in [0.2, 0.25) is 5.02 Å². The lowest BCUT2D eigenvalue weighted by Crippen LogP contribution is -2.33. The first-order valence-electron chi connectivity index (χ1n) is 9.39. The van der Waals surface area contributed by atoms with E-state index >= 15 is 0 Å². The quantitative estimate of drug-likeness (QED) is 0.691. The summed E-state index contributed by atoms with van der Waals surface area (Å²) in [4.78, 5) is 23.6. The molecule has 146 valence electrons. The highest BCUT2D eigenvalue weighted by Gasteiger charge is 2.31. The zero-order chi connectivity index (χ0) is 19.7. The fraction of sp³-hybridized carbons (Fsp3) is 0.350. The number of carbonyl (C=O) groups excluding carboxylic acids is 1. The van der Waals surface area contributed by atoms with Gasteiger partial charge in [-0.15, -0.1) is 0 Å². The number of aryl methyl sites for hydroxylation is 1. The van der Waals surface area contributed by atoms with E-state index in [4.69, 9.17) is 16.6 Å². The summed E-state index contributed by atoms with van der Waals surface area (Å²) in [6.45, 7) is 4.18. The van der Waals surface area contributed by atoms with Gasteiger partial charge in [-0.1, -0.05) is 18.5 Å². The number of fused-ring (bicyclic) bond motifs is 1. The van der Waals surface area contributed by atoms with E-state index < -0.39 is 5.82 Å². The van der Waals surface area contributed by atoms with Gasteiger partial charge in [-0.25, -0.2) is 19.2 Å². The SMILES string of the molecule is CCCn1c([C@@H]2CCN(C(=O)Nc3ccc(F)c(Cl)c3)C2)nc2cccnc21. The number of amides is 2. The average molecular weight is 402 g/mol. The number of likely N-dealkylation sites (tertiary alicyclic amines) is 1. The topological polar surface area (TPSA) is 63.1 Å². The van der Waals surface area contributed by atoms with Gasteiger partial charge in [-0.2, -0.15) is 0 Å². The molecule has 1 aromatic carbocycles. The van der Waals surface area contributed by atoms with E-state index in [-0.39, 0.29) is 17.0 Å². The number of benzene rings is 1. The van der Waals surface area contributed by atoms with Crippen LogP contribution < -0.4 is 5.32 Å². The zero-order valence-corrected chi connectivity index (χ0v) is 16.3. The number of nitrogens with one attached hydrogen (secondary N) is 1. The van der Waals surface area contributed by atoms with Crippen LogP contribution in [0, 0.1) is 5.82 Å². The maximum atomic E-state index is 13.3. The summed E-state index contributed by atoms with van der Waals surface area (Å²) >= 11 is 5.79. The number of anilines is 1. The molecule has 1 aliphatic heterocycles. The molecule has 3 aromatic rings. The molecule has 0 saturated carbocycles. The lowest BCUT2D eigenvalue weighted by molar-refractivity contribution is 0.222. The van der Waals surface area contributed by atoms with Crippen LogP contribution in [0.25, 0.3) is 11.2 Å². The number of urea groups is 1. The van der Waals surface area contributed by atoms with Crippen LogP contribution in [0.4, 0.5) is 14.9 Å². The van der Waals surface area contributed by atoms with Crippen molar-refractivity contribution in [2.45, 2.75) is 32.2 Å². The van der Waals surface area contributed by atoms with Crippen molar-refractivity contribution in [3.05, 3.63) is 53.2 Å². The van der Waals surface area contributed by atoms with E-state index in [9.17, 15) is 9.18 Å². The summed E-state index contributed by atoms with van der Waals surface area (Å²) < 4.78 is 15.5. The van der Waals surface area contributed by atoms with E-state index in [1.54, 1.807) is 11.1 Å². The molecule has 1 aliphatic rings. The molecule has 0 unspecified atom stereocenters. The Labute approximate surface area is 167 Å². The maximum absolute atomic E-state index is 13.3. The Bertz CT molecular complexity index is 1020. The van der Waals surface area contributed by atoms with E-state index in [0.717, 1.165) is 36.4 Å². The first-order valence-corrected chi connectivity index (χ1v) is 9.76. The Balaban J connectivity index is 1.51. The Morgan fingerprint density at radius 3 is 3.04 bits per heavy atom. The van der Waals surface area contributed by atoms with Gasteiger partial charge in [0, 0.05) is 37.4 Å². The van der Waals surface area contributed by atoms with Crippen molar-refractivity contribution in [3.8, 4) is 0 Å². The van der Waals surface area contributed by atoms with Crippen molar-refractivity contribution in [3.63, 3.8) is 0 Å². The Morgan fingerprint density at radius 2 is 2.25 bits per heavy atom. The minimum Gasteiger partial charge on any atom is -0.324 e. The van der Waals surface area contributed by atoms with Crippen LogP contribution in [-0.4, -0.2) is 38.6 Å². The number of imidazole rings is 1. The van der Waals surface area contributed by atoms with Gasteiger partial charge in [-0.05, 0) is 43.2 Å². The number of hydrogen-bond donors (Lipinski definition) is 1. The minimum absolute atomic E-state index is 0.0159. The van der Waals surface area contributed by atoms with Gasteiger partial charge >= 0.3 is 6.03 Å². The smallest absolute Gasteiger partial charge is 0.321 e. The zero-order valence-electron chi connectivity index (χ0n) is 15.5. The summed E-state index contributed by atoms with van der Waals surface area (Å²) in [6.07, 6.45) is 3.60. The van der Waals surface area contributed by atoms with E-state index in [1.807, 2.05) is 12.1 Å². The summed E-state index contributed by atoms with van der Waals surface area (Å²) in [7, 11) is 0. The van der Waals surface area contributed by atoms with E-state index in [2.05, 4.69) is 21.8 Å². The second-order valence-corrected chi connectivity index (χ2v) is 7.37. The fourth-order valence-electron chi connectivity index (χ4n) is 3.66. The summed E-state index contributed by atoms with van der Waals surface area (Å²) in [5.41, 5.74) is 2.25. The third-order valence-electron chi connectivity index (χ3n) is 4.99. The summed E-state index contributed by atoms with van der Waals surface area (Å²) in [5.74, 6) is 0.628. The van der Waals surface area contributed by atoms with Crippen molar-refractivity contribution in [1.82, 2.24) is 19.4 Å². The van der Waals surface area contributed by atoms with E-state index in [0.29, 0.717) is 18.8 Å². The molecule has 1 saturated heterocycles. The van der Waals surface area contributed by atoms with Crippen LogP contribution in [0.3, 0.4) is 0 Å². The summed E-state index contributed by atoms with van der Waals surface area (Å²) in [6, 6.07) is 7.78. The number of nitrogens with zero attached hydrogens (tertiary/aromatic N) is 4. The molecule has 1 atom stereocenters. The highest BCUT2D eigenvalue weighted by molar-refractivity contribution is 6.31. The molecule has 0 radical (unpaired) electrons. The number of halogens is 2. The highest BCUT2D eigenvalue weighted by Crippen LogP contribution is 2.30. The molecule has 0 bridgehead atoms. The van der Waals surface area contributed by atoms with Gasteiger partial charge in [0.15, 0.2) is 5.65 Å². The fourth-order valence-corrected chi connectivity index (χ4v) is 3.84. The molecular formula is C20H21ClFN5O. The van der Waals surface area contributed by atoms with Crippen LogP contribution >= 0.6 is 11.6 Å². The standard InChI is InChI=1S/C20H21ClFN5O/c1-2-9-27-18(25-17-4-3-8-23-19(17)27)13-7-10-26(12-13)20(28)24-14-5-6-16(22)15(21)11-14/h3-6,8,11,13H,2,7,9-10,12H2,1H3,(H,24,28)/t13-/m1/s1. The van der Waals surface area contributed by atoms with Crippen LogP contribution in [0.1, 0.15) is 31.5 Å². The number of pyridine rings is 1. The van der Waals surface area contributed by atoms with Gasteiger partial charge < -0.3 is 14.8 Å². The number of carbonyl (C=O) groups is 1. The first-order chi connectivity index (χ1) is 13.6. The molecule has 8 heteroatoms. The third-order valence-corrected chi connectivity index (χ3v) is 5.28. The normalized spacial score (nSPS) is 16.7. The van der Waals surface area contributed by atoms with Gasteiger partial charge in [0.2, 0.25) is 0 Å². The Kier molecular flexibility index (Phi) is 5.17. The van der Waals surface area contributed by atoms with Crippen molar-refractivity contribution >= 4 is 34.5 Å². The van der Waals surface area contributed by atoms with Crippen LogP contribution in [0.5, 0.6) is 0 Å². The molecule has 6 nitrogen and oxygen atoms in total. The molecule has 1 fully saturated rings. The van der Waals surface area contributed by atoms with Gasteiger partial charge in [0.25, 0.3) is 0 Å². The lowest BCUT2D eigenvalue weighted by atomic mass is 10.1. The van der Waals surface area contributed by atoms with Gasteiger partial charge in [-0.3, -0.25) is 0 Å². The number of rotatable bonds is 4. The molecule has 4 rings (SSSR count). The second-order valence-electron chi connectivity index (χ2n) is 6.96. The molecule has 2 aromatic heterocycles. The van der Waals surface area contributed by atoms with Gasteiger partial charge in [0.1, 0.15) is 17.2 Å². The highest BCUT2D eigenvalue weighted by atomic mass is 35.5.